The van der Waals surface area contributed by atoms with Crippen molar-refractivity contribution in [1.29, 1.82) is 0 Å². The molecule has 1 aliphatic rings. The summed E-state index contributed by atoms with van der Waals surface area (Å²) in [6, 6.07) is 12.7. The minimum atomic E-state index is -3.59. The van der Waals surface area contributed by atoms with Gasteiger partial charge in [0.2, 0.25) is 10.0 Å². The van der Waals surface area contributed by atoms with Gasteiger partial charge in [0.15, 0.2) is 12.4 Å². The second-order valence-electron chi connectivity index (χ2n) is 7.91. The van der Waals surface area contributed by atoms with Gasteiger partial charge in [0.25, 0.3) is 5.91 Å². The van der Waals surface area contributed by atoms with E-state index in [1.54, 1.807) is 40.7 Å². The van der Waals surface area contributed by atoms with Crippen molar-refractivity contribution < 1.29 is 22.7 Å². The zero-order valence-corrected chi connectivity index (χ0v) is 18.8. The van der Waals surface area contributed by atoms with Crippen LogP contribution in [0.25, 0.3) is 0 Å². The number of ketones is 1. The zero-order chi connectivity index (χ0) is 22.6. The fourth-order valence-electron chi connectivity index (χ4n) is 3.84. The number of carbonyl (C=O) groups excluding carboxylic acids is 2. The molecule has 1 heterocycles. The predicted octanol–water partition coefficient (Wildman–Crippen LogP) is 3.86. The number of piperidine rings is 1. The van der Waals surface area contributed by atoms with E-state index in [4.69, 9.17) is 4.74 Å². The first kappa shape index (κ1) is 23.0. The molecule has 1 saturated heterocycles. The summed E-state index contributed by atoms with van der Waals surface area (Å²) in [5.41, 5.74) is 1.06. The highest BCUT2D eigenvalue weighted by Gasteiger charge is 2.35. The maximum Gasteiger partial charge on any atom is 0.262 e. The van der Waals surface area contributed by atoms with E-state index in [0.29, 0.717) is 17.0 Å². The highest BCUT2D eigenvalue weighted by molar-refractivity contribution is 7.89. The molecule has 0 saturated carbocycles. The third-order valence-corrected chi connectivity index (χ3v) is 7.60. The first-order valence-corrected chi connectivity index (χ1v) is 11.8. The number of amides is 1. The minimum absolute atomic E-state index is 0.0326. The van der Waals surface area contributed by atoms with Gasteiger partial charge >= 0.3 is 0 Å². The Morgan fingerprint density at radius 2 is 1.58 bits per heavy atom. The number of benzene rings is 2. The van der Waals surface area contributed by atoms with Crippen LogP contribution in [0.1, 0.15) is 50.4 Å². The molecule has 0 unspecified atom stereocenters. The number of nitrogens with zero attached hydrogens (tertiary/aromatic N) is 1. The van der Waals surface area contributed by atoms with Gasteiger partial charge in [-0.25, -0.2) is 8.42 Å². The SMILES string of the molecule is CC(=O)c1ccc(OCC(=O)Nc2ccc(S(=O)(=O)N3[C@@H](C)CCC[C@@H]3C)cc2)cc1. The molecule has 1 fully saturated rings. The molecule has 7 nitrogen and oxygen atoms in total. The lowest BCUT2D eigenvalue weighted by molar-refractivity contribution is -0.118. The third kappa shape index (κ3) is 5.51. The molecule has 31 heavy (non-hydrogen) atoms. The van der Waals surface area contributed by atoms with Gasteiger partial charge < -0.3 is 10.1 Å². The van der Waals surface area contributed by atoms with E-state index >= 15 is 0 Å². The van der Waals surface area contributed by atoms with Gasteiger partial charge in [-0.2, -0.15) is 4.31 Å². The highest BCUT2D eigenvalue weighted by atomic mass is 32.2. The van der Waals surface area contributed by atoms with E-state index in [2.05, 4.69) is 5.32 Å². The Labute approximate surface area is 183 Å². The van der Waals surface area contributed by atoms with Crippen LogP contribution in [0.3, 0.4) is 0 Å². The number of nitrogens with one attached hydrogen (secondary N) is 1. The molecule has 0 radical (unpaired) electrons. The quantitative estimate of drug-likeness (QED) is 0.655. The summed E-state index contributed by atoms with van der Waals surface area (Å²) in [7, 11) is -3.59. The average molecular weight is 445 g/mol. The van der Waals surface area contributed by atoms with Crippen molar-refractivity contribution in [3.63, 3.8) is 0 Å². The lowest BCUT2D eigenvalue weighted by Crippen LogP contribution is -2.47. The van der Waals surface area contributed by atoms with Crippen LogP contribution >= 0.6 is 0 Å². The number of ether oxygens (including phenoxy) is 1. The molecule has 3 rings (SSSR count). The van der Waals surface area contributed by atoms with Crippen LogP contribution in [0.4, 0.5) is 5.69 Å². The molecule has 8 heteroatoms. The molecule has 0 aromatic heterocycles. The normalized spacial score (nSPS) is 19.6. The fourth-order valence-corrected chi connectivity index (χ4v) is 5.72. The molecule has 2 atom stereocenters. The second kappa shape index (κ2) is 9.62. The molecular weight excluding hydrogens is 416 g/mol. The number of hydrogen-bond acceptors (Lipinski definition) is 5. The number of anilines is 1. The largest absolute Gasteiger partial charge is 0.484 e. The number of Topliss-reactive ketones (excluding diaryl/α,β-unsaturated/α-hetero) is 1. The van der Waals surface area contributed by atoms with Gasteiger partial charge in [-0.05, 0) is 82.1 Å². The van der Waals surface area contributed by atoms with Crippen molar-refractivity contribution >= 4 is 27.4 Å². The molecule has 166 valence electrons. The monoisotopic (exact) mass is 444 g/mol. The van der Waals surface area contributed by atoms with Gasteiger partial charge in [-0.15, -0.1) is 0 Å². The Morgan fingerprint density at radius 1 is 1.00 bits per heavy atom. The molecule has 2 aromatic rings. The molecule has 0 bridgehead atoms. The second-order valence-corrected chi connectivity index (χ2v) is 9.75. The van der Waals surface area contributed by atoms with Crippen LogP contribution in [0.5, 0.6) is 5.75 Å². The van der Waals surface area contributed by atoms with Crippen molar-refractivity contribution in [2.75, 3.05) is 11.9 Å². The molecule has 1 amide bonds. The van der Waals surface area contributed by atoms with E-state index in [1.165, 1.54) is 19.1 Å². The number of carbonyl (C=O) groups is 2. The van der Waals surface area contributed by atoms with Crippen molar-refractivity contribution in [3.8, 4) is 5.75 Å². The molecule has 0 spiro atoms. The van der Waals surface area contributed by atoms with Crippen molar-refractivity contribution in [3.05, 3.63) is 54.1 Å². The fraction of sp³-hybridized carbons (Fsp3) is 0.391. The number of hydrogen-bond donors (Lipinski definition) is 1. The maximum atomic E-state index is 13.1. The summed E-state index contributed by atoms with van der Waals surface area (Å²) in [6.45, 7) is 5.15. The van der Waals surface area contributed by atoms with Crippen LogP contribution in [-0.2, 0) is 14.8 Å². The Bertz CT molecular complexity index is 1020. The van der Waals surface area contributed by atoms with Gasteiger partial charge in [-0.1, -0.05) is 6.42 Å². The highest BCUT2D eigenvalue weighted by Crippen LogP contribution is 2.30. The lowest BCUT2D eigenvalue weighted by Gasteiger charge is -2.37. The Hall–Kier alpha value is -2.71. The van der Waals surface area contributed by atoms with Crippen molar-refractivity contribution in [1.82, 2.24) is 4.31 Å². The van der Waals surface area contributed by atoms with E-state index in [9.17, 15) is 18.0 Å². The maximum absolute atomic E-state index is 13.1. The standard InChI is InChI=1S/C23H28N2O5S/c1-16-5-4-6-17(2)25(16)31(28,29)22-13-9-20(10-14-22)24-23(27)15-30-21-11-7-19(8-12-21)18(3)26/h7-14,16-17H,4-6,15H2,1-3H3,(H,24,27)/t16-,17-/m0/s1. The molecule has 2 aromatic carbocycles. The number of sulfonamides is 1. The zero-order valence-electron chi connectivity index (χ0n) is 18.0. The minimum Gasteiger partial charge on any atom is -0.484 e. The van der Waals surface area contributed by atoms with Gasteiger partial charge in [0.05, 0.1) is 4.90 Å². The predicted molar refractivity (Wildman–Crippen MR) is 119 cm³/mol. The summed E-state index contributed by atoms with van der Waals surface area (Å²) in [4.78, 5) is 23.7. The molecular formula is C23H28N2O5S. The first-order valence-electron chi connectivity index (χ1n) is 10.4. The van der Waals surface area contributed by atoms with Crippen LogP contribution in [0, 0.1) is 0 Å². The van der Waals surface area contributed by atoms with Crippen LogP contribution < -0.4 is 10.1 Å². The van der Waals surface area contributed by atoms with Crippen LogP contribution in [-0.4, -0.2) is 43.1 Å². The van der Waals surface area contributed by atoms with E-state index in [0.717, 1.165) is 19.3 Å². The van der Waals surface area contributed by atoms with E-state index < -0.39 is 10.0 Å². The Kier molecular flexibility index (Phi) is 7.12. The topological polar surface area (TPSA) is 92.8 Å². The summed E-state index contributed by atoms with van der Waals surface area (Å²) in [5.74, 6) is 0.0647. The van der Waals surface area contributed by atoms with Gasteiger partial charge in [-0.3, -0.25) is 9.59 Å². The molecule has 1 aliphatic heterocycles. The molecule has 0 aliphatic carbocycles. The number of rotatable bonds is 7. The van der Waals surface area contributed by atoms with Crippen LogP contribution in [0.2, 0.25) is 0 Å². The summed E-state index contributed by atoms with van der Waals surface area (Å²) in [6.07, 6.45) is 2.74. The van der Waals surface area contributed by atoms with Crippen LogP contribution in [0.15, 0.2) is 53.4 Å². The Morgan fingerprint density at radius 3 is 2.13 bits per heavy atom. The van der Waals surface area contributed by atoms with E-state index in [-0.39, 0.29) is 35.3 Å². The van der Waals surface area contributed by atoms with Crippen molar-refractivity contribution in [2.45, 2.75) is 57.0 Å². The lowest BCUT2D eigenvalue weighted by atomic mass is 10.0. The first-order chi connectivity index (χ1) is 14.7. The van der Waals surface area contributed by atoms with Gasteiger partial charge in [0, 0.05) is 23.3 Å². The Balaban J connectivity index is 1.59. The molecule has 1 N–H and O–H groups in total. The smallest absolute Gasteiger partial charge is 0.262 e. The summed E-state index contributed by atoms with van der Waals surface area (Å²) >= 11 is 0. The van der Waals surface area contributed by atoms with E-state index in [1.807, 2.05) is 13.8 Å². The summed E-state index contributed by atoms with van der Waals surface area (Å²) < 4.78 is 33.2. The average Bonchev–Trinajstić information content (AvgIpc) is 2.72. The summed E-state index contributed by atoms with van der Waals surface area (Å²) in [5, 5.41) is 2.69. The van der Waals surface area contributed by atoms with Crippen molar-refractivity contribution in [2.24, 2.45) is 0 Å². The third-order valence-electron chi connectivity index (χ3n) is 5.46. The van der Waals surface area contributed by atoms with Gasteiger partial charge in [0.1, 0.15) is 5.75 Å².